The molecule has 11 heavy (non-hydrogen) atoms. The highest BCUT2D eigenvalue weighted by Gasteiger charge is 2.16. The first-order valence-corrected chi connectivity index (χ1v) is 5.24. The van der Waals surface area contributed by atoms with Gasteiger partial charge in [-0.1, -0.05) is 0 Å². The van der Waals surface area contributed by atoms with Crippen molar-refractivity contribution in [1.29, 1.82) is 0 Å². The van der Waals surface area contributed by atoms with Crippen molar-refractivity contribution in [2.45, 2.75) is 18.7 Å². The van der Waals surface area contributed by atoms with Crippen LogP contribution in [0.4, 0.5) is 0 Å². The van der Waals surface area contributed by atoms with Gasteiger partial charge in [-0.05, 0) is 19.9 Å². The molecule has 0 radical (unpaired) electrons. The molecular formula is C6H7ClO3S. The van der Waals surface area contributed by atoms with Gasteiger partial charge in [0.25, 0.3) is 9.05 Å². The second-order valence-electron chi connectivity index (χ2n) is 2.22. The zero-order valence-electron chi connectivity index (χ0n) is 6.09. The Labute approximate surface area is 69.4 Å². The van der Waals surface area contributed by atoms with E-state index in [1.165, 1.54) is 6.07 Å². The zero-order valence-corrected chi connectivity index (χ0v) is 7.66. The van der Waals surface area contributed by atoms with Gasteiger partial charge in [-0.3, -0.25) is 0 Å². The number of furan rings is 1. The number of halogens is 1. The predicted octanol–water partition coefficient (Wildman–Crippen LogP) is 1.82. The van der Waals surface area contributed by atoms with Gasteiger partial charge in [0.05, 0.1) is 0 Å². The van der Waals surface area contributed by atoms with Crippen LogP contribution in [0.5, 0.6) is 0 Å². The molecule has 0 spiro atoms. The van der Waals surface area contributed by atoms with Gasteiger partial charge < -0.3 is 4.42 Å². The molecule has 1 aromatic heterocycles. The van der Waals surface area contributed by atoms with E-state index in [2.05, 4.69) is 0 Å². The van der Waals surface area contributed by atoms with E-state index in [4.69, 9.17) is 15.1 Å². The molecule has 0 aliphatic rings. The molecule has 3 nitrogen and oxygen atoms in total. The first-order chi connectivity index (χ1) is 4.91. The van der Waals surface area contributed by atoms with Crippen molar-refractivity contribution in [3.05, 3.63) is 17.6 Å². The molecule has 5 heteroatoms. The summed E-state index contributed by atoms with van der Waals surface area (Å²) in [6.07, 6.45) is 0. The smallest absolute Gasteiger partial charge is 0.264 e. The molecule has 0 N–H and O–H groups in total. The number of hydrogen-bond donors (Lipinski definition) is 0. The Balaban J connectivity index is 3.36. The van der Waals surface area contributed by atoms with Gasteiger partial charge in [-0.15, -0.1) is 0 Å². The number of rotatable bonds is 1. The third-order valence-corrected chi connectivity index (χ3v) is 2.69. The molecule has 0 fully saturated rings. The first kappa shape index (κ1) is 8.62. The molecule has 0 atom stereocenters. The minimum atomic E-state index is -3.63. The fourth-order valence-electron chi connectivity index (χ4n) is 0.850. The summed E-state index contributed by atoms with van der Waals surface area (Å²) in [5.41, 5.74) is 0. The summed E-state index contributed by atoms with van der Waals surface area (Å²) in [5, 5.41) is 0. The number of hydrogen-bond acceptors (Lipinski definition) is 3. The minimum Gasteiger partial charge on any atom is -0.465 e. The normalized spacial score (nSPS) is 11.9. The van der Waals surface area contributed by atoms with E-state index >= 15 is 0 Å². The summed E-state index contributed by atoms with van der Waals surface area (Å²) in [7, 11) is 1.46. The standard InChI is InChI=1S/C6H7ClO3S/c1-4-3-6(5(2)10-4)11(7,8)9/h3H,1-2H3. The van der Waals surface area contributed by atoms with Crippen LogP contribution in [0.25, 0.3) is 0 Å². The minimum absolute atomic E-state index is 0.0525. The van der Waals surface area contributed by atoms with Gasteiger partial charge in [-0.2, -0.15) is 0 Å². The van der Waals surface area contributed by atoms with Gasteiger partial charge >= 0.3 is 0 Å². The van der Waals surface area contributed by atoms with Crippen molar-refractivity contribution >= 4 is 19.7 Å². The van der Waals surface area contributed by atoms with Crippen LogP contribution in [0.15, 0.2) is 15.4 Å². The van der Waals surface area contributed by atoms with Crippen molar-refractivity contribution in [2.75, 3.05) is 0 Å². The third-order valence-electron chi connectivity index (χ3n) is 1.26. The van der Waals surface area contributed by atoms with Gasteiger partial charge in [-0.25, -0.2) is 8.42 Å². The van der Waals surface area contributed by atoms with Crippen molar-refractivity contribution in [3.63, 3.8) is 0 Å². The maximum atomic E-state index is 10.8. The van der Waals surface area contributed by atoms with Crippen LogP contribution in [0.2, 0.25) is 0 Å². The van der Waals surface area contributed by atoms with Gasteiger partial charge in [0.1, 0.15) is 16.4 Å². The fraction of sp³-hybridized carbons (Fsp3) is 0.333. The second kappa shape index (κ2) is 2.53. The summed E-state index contributed by atoms with van der Waals surface area (Å²) in [6.45, 7) is 3.22. The zero-order chi connectivity index (χ0) is 8.65. The lowest BCUT2D eigenvalue weighted by atomic mass is 10.4. The van der Waals surface area contributed by atoms with E-state index in [0.717, 1.165) is 0 Å². The van der Waals surface area contributed by atoms with Crippen molar-refractivity contribution in [1.82, 2.24) is 0 Å². The van der Waals surface area contributed by atoms with Crippen LogP contribution in [0.1, 0.15) is 11.5 Å². The monoisotopic (exact) mass is 194 g/mol. The second-order valence-corrected chi connectivity index (χ2v) is 4.75. The highest BCUT2D eigenvalue weighted by Crippen LogP contribution is 2.22. The molecular weight excluding hydrogens is 188 g/mol. The van der Waals surface area contributed by atoms with Crippen LogP contribution >= 0.6 is 10.7 Å². The predicted molar refractivity (Wildman–Crippen MR) is 41.2 cm³/mol. The van der Waals surface area contributed by atoms with Crippen LogP contribution < -0.4 is 0 Å². The molecule has 0 bridgehead atoms. The molecule has 0 aliphatic carbocycles. The Morgan fingerprint density at radius 1 is 1.45 bits per heavy atom. The van der Waals surface area contributed by atoms with Crippen LogP contribution in [-0.4, -0.2) is 8.42 Å². The summed E-state index contributed by atoms with van der Waals surface area (Å²) < 4.78 is 26.5. The summed E-state index contributed by atoms with van der Waals surface area (Å²) in [6, 6.07) is 1.40. The Hall–Kier alpha value is -0.480. The van der Waals surface area contributed by atoms with Crippen LogP contribution in [0.3, 0.4) is 0 Å². The largest absolute Gasteiger partial charge is 0.465 e. The van der Waals surface area contributed by atoms with E-state index in [9.17, 15) is 8.42 Å². The van der Waals surface area contributed by atoms with Crippen LogP contribution in [-0.2, 0) is 9.05 Å². The lowest BCUT2D eigenvalue weighted by Crippen LogP contribution is -1.88. The molecule has 62 valence electrons. The van der Waals surface area contributed by atoms with E-state index in [0.29, 0.717) is 11.5 Å². The van der Waals surface area contributed by atoms with Crippen LogP contribution in [0, 0.1) is 13.8 Å². The Morgan fingerprint density at radius 2 is 2.00 bits per heavy atom. The van der Waals surface area contributed by atoms with E-state index in [1.54, 1.807) is 13.8 Å². The molecule has 0 saturated carbocycles. The Bertz CT molecular complexity index is 363. The van der Waals surface area contributed by atoms with Crippen molar-refractivity contribution in [3.8, 4) is 0 Å². The molecule has 1 aromatic rings. The average molecular weight is 195 g/mol. The maximum absolute atomic E-state index is 10.8. The van der Waals surface area contributed by atoms with Crippen molar-refractivity contribution < 1.29 is 12.8 Å². The summed E-state index contributed by atoms with van der Waals surface area (Å²) in [4.78, 5) is 0.0525. The third kappa shape index (κ3) is 1.75. The summed E-state index contributed by atoms with van der Waals surface area (Å²) in [5.74, 6) is 0.874. The lowest BCUT2D eigenvalue weighted by molar-refractivity contribution is 0.497. The SMILES string of the molecule is Cc1cc(S(=O)(=O)Cl)c(C)o1. The maximum Gasteiger partial charge on any atom is 0.264 e. The van der Waals surface area contributed by atoms with Gasteiger partial charge in [0, 0.05) is 10.7 Å². The molecule has 0 aliphatic heterocycles. The van der Waals surface area contributed by atoms with E-state index in [-0.39, 0.29) is 4.90 Å². The van der Waals surface area contributed by atoms with E-state index < -0.39 is 9.05 Å². The highest BCUT2D eigenvalue weighted by molar-refractivity contribution is 8.13. The van der Waals surface area contributed by atoms with Gasteiger partial charge in [0.15, 0.2) is 0 Å². The Morgan fingerprint density at radius 3 is 2.18 bits per heavy atom. The number of aryl methyl sites for hydroxylation is 2. The quantitative estimate of drug-likeness (QED) is 0.641. The molecule has 0 saturated heterocycles. The lowest BCUT2D eigenvalue weighted by Gasteiger charge is -1.88. The molecule has 0 unspecified atom stereocenters. The molecule has 0 aromatic carbocycles. The van der Waals surface area contributed by atoms with E-state index in [1.807, 2.05) is 0 Å². The highest BCUT2D eigenvalue weighted by atomic mass is 35.7. The summed E-state index contributed by atoms with van der Waals surface area (Å²) >= 11 is 0. The fourth-order valence-corrected chi connectivity index (χ4v) is 2.00. The van der Waals surface area contributed by atoms with Crippen molar-refractivity contribution in [2.24, 2.45) is 0 Å². The molecule has 1 rings (SSSR count). The molecule has 0 amide bonds. The first-order valence-electron chi connectivity index (χ1n) is 2.93. The molecule has 1 heterocycles. The Kier molecular flexibility index (Phi) is 1.98. The topological polar surface area (TPSA) is 47.3 Å². The average Bonchev–Trinajstić information content (AvgIpc) is 2.08. The van der Waals surface area contributed by atoms with Gasteiger partial charge in [0.2, 0.25) is 0 Å².